The van der Waals surface area contributed by atoms with E-state index in [1.54, 1.807) is 0 Å². The van der Waals surface area contributed by atoms with E-state index in [2.05, 4.69) is 9.73 Å². The molecule has 1 amide bonds. The van der Waals surface area contributed by atoms with Crippen LogP contribution in [0.5, 0.6) is 17.4 Å². The Hall–Kier alpha value is -3.49. The number of ketones is 1. The van der Waals surface area contributed by atoms with Gasteiger partial charge in [0.15, 0.2) is 17.1 Å². The Bertz CT molecular complexity index is 870. The maximum Gasteiger partial charge on any atom is 0.353 e. The quantitative estimate of drug-likeness (QED) is 0.240. The summed E-state index contributed by atoms with van der Waals surface area (Å²) in [7, 11) is 0. The first-order valence-electron chi connectivity index (χ1n) is 6.22. The van der Waals surface area contributed by atoms with Gasteiger partial charge in [-0.2, -0.15) is 0 Å². The van der Waals surface area contributed by atoms with Gasteiger partial charge in [0.05, 0.1) is 5.69 Å². The molecule has 2 aromatic rings. The van der Waals surface area contributed by atoms with Crippen LogP contribution in [0.25, 0.3) is 0 Å². The van der Waals surface area contributed by atoms with Gasteiger partial charge in [0, 0.05) is 5.69 Å². The van der Waals surface area contributed by atoms with Crippen molar-refractivity contribution in [2.75, 3.05) is 11.1 Å². The number of nitrogens with one attached hydrogen (secondary N) is 1. The maximum atomic E-state index is 12.1. The summed E-state index contributed by atoms with van der Waals surface area (Å²) in [4.78, 5) is 34.9. The van der Waals surface area contributed by atoms with Crippen molar-refractivity contribution in [2.24, 2.45) is 0 Å². The van der Waals surface area contributed by atoms with Crippen molar-refractivity contribution >= 4 is 23.1 Å². The fourth-order valence-electron chi connectivity index (χ4n) is 1.85. The number of hydrogen-bond donors (Lipinski definition) is 5. The van der Waals surface area contributed by atoms with E-state index in [0.29, 0.717) is 0 Å². The SMILES string of the molecule is CC(=O)c1c(O)c(C(=O)Nc2ccc(O)c(N)c2)c(O)oc1=O. The van der Waals surface area contributed by atoms with Gasteiger partial charge in [-0.15, -0.1) is 0 Å². The molecule has 0 bridgehead atoms. The Kier molecular flexibility index (Phi) is 3.95. The molecule has 0 saturated carbocycles. The van der Waals surface area contributed by atoms with E-state index in [1.165, 1.54) is 18.2 Å². The van der Waals surface area contributed by atoms with Crippen LogP contribution in [0.2, 0.25) is 0 Å². The zero-order valence-electron chi connectivity index (χ0n) is 11.8. The topological polar surface area (TPSA) is 163 Å². The molecule has 9 nitrogen and oxygen atoms in total. The minimum atomic E-state index is -1.27. The van der Waals surface area contributed by atoms with Crippen LogP contribution in [-0.4, -0.2) is 27.0 Å². The van der Waals surface area contributed by atoms with Crippen molar-refractivity contribution in [1.82, 2.24) is 0 Å². The number of nitrogens with two attached hydrogens (primary N) is 1. The van der Waals surface area contributed by atoms with Gasteiger partial charge in [-0.3, -0.25) is 9.59 Å². The van der Waals surface area contributed by atoms with Crippen LogP contribution in [0.1, 0.15) is 27.6 Å². The Balaban J connectivity index is 2.47. The number of benzene rings is 1. The molecule has 0 saturated heterocycles. The van der Waals surface area contributed by atoms with E-state index < -0.39 is 40.1 Å². The molecule has 1 aromatic carbocycles. The van der Waals surface area contributed by atoms with Crippen molar-refractivity contribution in [3.05, 3.63) is 39.7 Å². The van der Waals surface area contributed by atoms with E-state index >= 15 is 0 Å². The van der Waals surface area contributed by atoms with E-state index in [0.717, 1.165) is 6.92 Å². The summed E-state index contributed by atoms with van der Waals surface area (Å²) in [6, 6.07) is 3.76. The fraction of sp³-hybridized carbons (Fsp3) is 0.0714. The second kappa shape index (κ2) is 5.72. The molecule has 6 N–H and O–H groups in total. The number of phenolic OH excluding ortho intramolecular Hbond substituents is 1. The number of aromatic hydroxyl groups is 3. The molecular formula is C14H12N2O7. The summed E-state index contributed by atoms with van der Waals surface area (Å²) < 4.78 is 4.38. The van der Waals surface area contributed by atoms with Crippen LogP contribution >= 0.6 is 0 Å². The Morgan fingerprint density at radius 3 is 2.39 bits per heavy atom. The predicted molar refractivity (Wildman–Crippen MR) is 78.8 cm³/mol. The second-order valence-electron chi connectivity index (χ2n) is 4.58. The number of carbonyl (C=O) groups is 2. The standard InChI is InChI=1S/C14H12N2O7/c1-5(17)9-11(19)10(14(22)23-13(9)21)12(20)16-6-2-3-8(18)7(15)4-6/h2-4,18-19,22H,15H2,1H3,(H,16,20). The zero-order chi connectivity index (χ0) is 17.3. The molecule has 0 radical (unpaired) electrons. The van der Waals surface area contributed by atoms with E-state index in [-0.39, 0.29) is 17.1 Å². The molecule has 0 atom stereocenters. The van der Waals surface area contributed by atoms with Gasteiger partial charge in [-0.25, -0.2) is 4.79 Å². The van der Waals surface area contributed by atoms with Crippen LogP contribution in [0, 0.1) is 0 Å². The highest BCUT2D eigenvalue weighted by atomic mass is 16.5. The zero-order valence-corrected chi connectivity index (χ0v) is 11.8. The highest BCUT2D eigenvalue weighted by molar-refractivity contribution is 6.10. The predicted octanol–water partition coefficient (Wildman–Crippen LogP) is 0.794. The Morgan fingerprint density at radius 2 is 1.83 bits per heavy atom. The third-order valence-electron chi connectivity index (χ3n) is 2.95. The Morgan fingerprint density at radius 1 is 1.17 bits per heavy atom. The first-order valence-corrected chi connectivity index (χ1v) is 6.22. The molecular weight excluding hydrogens is 308 g/mol. The normalized spacial score (nSPS) is 10.3. The van der Waals surface area contributed by atoms with E-state index in [4.69, 9.17) is 5.73 Å². The highest BCUT2D eigenvalue weighted by Crippen LogP contribution is 2.30. The fourth-order valence-corrected chi connectivity index (χ4v) is 1.85. The third-order valence-corrected chi connectivity index (χ3v) is 2.95. The number of Topliss-reactive ketones (excluding diaryl/α,β-unsaturated/α-hetero) is 1. The monoisotopic (exact) mass is 320 g/mol. The van der Waals surface area contributed by atoms with E-state index in [9.17, 15) is 29.7 Å². The molecule has 0 fully saturated rings. The van der Waals surface area contributed by atoms with Crippen molar-refractivity contribution in [2.45, 2.75) is 6.92 Å². The molecule has 2 rings (SSSR count). The molecule has 0 aliphatic heterocycles. The Labute approximate surface area is 128 Å². The molecule has 0 aliphatic carbocycles. The van der Waals surface area contributed by atoms with Crippen LogP contribution in [0.3, 0.4) is 0 Å². The third kappa shape index (κ3) is 2.93. The highest BCUT2D eigenvalue weighted by Gasteiger charge is 2.27. The number of rotatable bonds is 3. The molecule has 1 heterocycles. The number of amides is 1. The largest absolute Gasteiger partial charge is 0.506 e. The minimum absolute atomic E-state index is 0.0136. The molecule has 0 spiro atoms. The molecule has 23 heavy (non-hydrogen) atoms. The van der Waals surface area contributed by atoms with Crippen LogP contribution in [0.4, 0.5) is 11.4 Å². The number of nitrogen functional groups attached to an aromatic ring is 1. The van der Waals surface area contributed by atoms with Gasteiger partial charge in [0.1, 0.15) is 11.3 Å². The van der Waals surface area contributed by atoms with Crippen LogP contribution in [-0.2, 0) is 0 Å². The lowest BCUT2D eigenvalue weighted by molar-refractivity contribution is 0.100. The van der Waals surface area contributed by atoms with Gasteiger partial charge in [-0.05, 0) is 25.1 Å². The smallest absolute Gasteiger partial charge is 0.353 e. The van der Waals surface area contributed by atoms with Crippen LogP contribution in [0.15, 0.2) is 27.4 Å². The van der Waals surface area contributed by atoms with E-state index in [1.807, 2.05) is 0 Å². The summed E-state index contributed by atoms with van der Waals surface area (Å²) in [5.74, 6) is -4.20. The first-order chi connectivity index (χ1) is 10.7. The molecule has 1 aromatic heterocycles. The average Bonchev–Trinajstić information content (AvgIpc) is 2.41. The summed E-state index contributed by atoms with van der Waals surface area (Å²) >= 11 is 0. The van der Waals surface area contributed by atoms with Crippen molar-refractivity contribution in [1.29, 1.82) is 0 Å². The van der Waals surface area contributed by atoms with Gasteiger partial charge in [-0.1, -0.05) is 0 Å². The molecule has 9 heteroatoms. The summed E-state index contributed by atoms with van der Waals surface area (Å²) in [6.45, 7) is 0.991. The lowest BCUT2D eigenvalue weighted by Gasteiger charge is -2.10. The van der Waals surface area contributed by atoms with Gasteiger partial charge < -0.3 is 30.8 Å². The lowest BCUT2D eigenvalue weighted by Crippen LogP contribution is -2.18. The van der Waals surface area contributed by atoms with Crippen molar-refractivity contribution in [3.63, 3.8) is 0 Å². The second-order valence-corrected chi connectivity index (χ2v) is 4.58. The number of phenols is 1. The summed E-state index contributed by atoms with van der Waals surface area (Å²) in [6.07, 6.45) is 0. The van der Waals surface area contributed by atoms with Gasteiger partial charge >= 0.3 is 11.6 Å². The molecule has 0 unspecified atom stereocenters. The minimum Gasteiger partial charge on any atom is -0.506 e. The summed E-state index contributed by atoms with van der Waals surface area (Å²) in [5.41, 5.74) is 2.80. The number of hydrogen-bond acceptors (Lipinski definition) is 8. The average molecular weight is 320 g/mol. The molecule has 0 aliphatic rings. The summed E-state index contributed by atoms with van der Waals surface area (Å²) in [5, 5.41) is 31.0. The van der Waals surface area contributed by atoms with Crippen molar-refractivity contribution < 1.29 is 29.3 Å². The lowest BCUT2D eigenvalue weighted by atomic mass is 10.1. The molecule has 120 valence electrons. The number of anilines is 2. The first kappa shape index (κ1) is 15.9. The maximum absolute atomic E-state index is 12.1. The van der Waals surface area contributed by atoms with Crippen molar-refractivity contribution in [3.8, 4) is 17.4 Å². The van der Waals surface area contributed by atoms with Gasteiger partial charge in [0.2, 0.25) is 0 Å². The van der Waals surface area contributed by atoms with Gasteiger partial charge in [0.25, 0.3) is 5.91 Å². The van der Waals surface area contributed by atoms with Crippen LogP contribution < -0.4 is 16.7 Å². The number of carbonyl (C=O) groups excluding carboxylic acids is 2.